The molecular formula is C16H24N2O2. The van der Waals surface area contributed by atoms with Gasteiger partial charge >= 0.3 is 0 Å². The summed E-state index contributed by atoms with van der Waals surface area (Å²) in [6, 6.07) is 5.99. The van der Waals surface area contributed by atoms with Gasteiger partial charge in [-0.2, -0.15) is 0 Å². The van der Waals surface area contributed by atoms with E-state index in [9.17, 15) is 9.59 Å². The average Bonchev–Trinajstić information content (AvgIpc) is 2.33. The number of hydrogen-bond donors (Lipinski definition) is 1. The van der Waals surface area contributed by atoms with Crippen LogP contribution < -0.4 is 10.2 Å². The first-order valence-corrected chi connectivity index (χ1v) is 6.96. The molecule has 0 fully saturated rings. The third-order valence-electron chi connectivity index (χ3n) is 3.26. The van der Waals surface area contributed by atoms with E-state index < -0.39 is 0 Å². The molecule has 0 saturated heterocycles. The fraction of sp³-hybridized carbons (Fsp3) is 0.500. The Kier molecular flexibility index (Phi) is 5.74. The summed E-state index contributed by atoms with van der Waals surface area (Å²) in [5.41, 5.74) is 3.10. The van der Waals surface area contributed by atoms with Crippen LogP contribution in [-0.4, -0.2) is 24.4 Å². The number of carbonyl (C=O) groups excluding carboxylic acids is 2. The fourth-order valence-corrected chi connectivity index (χ4v) is 2.08. The summed E-state index contributed by atoms with van der Waals surface area (Å²) in [5, 5.41) is 2.84. The Bertz CT molecular complexity index is 495. The average molecular weight is 276 g/mol. The van der Waals surface area contributed by atoms with E-state index in [0.29, 0.717) is 13.0 Å². The van der Waals surface area contributed by atoms with Gasteiger partial charge < -0.3 is 10.2 Å². The molecule has 0 bridgehead atoms. The molecule has 4 nitrogen and oxygen atoms in total. The molecule has 0 radical (unpaired) electrons. The van der Waals surface area contributed by atoms with Crippen LogP contribution in [0, 0.1) is 13.8 Å². The molecule has 0 aromatic heterocycles. The Labute approximate surface area is 121 Å². The number of aryl methyl sites for hydroxylation is 1. The van der Waals surface area contributed by atoms with Crippen molar-refractivity contribution in [1.29, 1.82) is 0 Å². The van der Waals surface area contributed by atoms with Gasteiger partial charge in [0.2, 0.25) is 11.8 Å². The number of amides is 2. The van der Waals surface area contributed by atoms with E-state index in [1.807, 2.05) is 45.9 Å². The maximum absolute atomic E-state index is 11.8. The smallest absolute Gasteiger partial charge is 0.223 e. The van der Waals surface area contributed by atoms with E-state index in [0.717, 1.165) is 16.8 Å². The van der Waals surface area contributed by atoms with Crippen LogP contribution in [0.25, 0.3) is 0 Å². The molecule has 0 spiro atoms. The maximum atomic E-state index is 11.8. The lowest BCUT2D eigenvalue weighted by atomic mass is 10.1. The van der Waals surface area contributed by atoms with Crippen molar-refractivity contribution in [3.63, 3.8) is 0 Å². The maximum Gasteiger partial charge on any atom is 0.223 e. The molecule has 0 aliphatic heterocycles. The van der Waals surface area contributed by atoms with Gasteiger partial charge in [0.05, 0.1) is 0 Å². The highest BCUT2D eigenvalue weighted by atomic mass is 16.2. The molecule has 0 unspecified atom stereocenters. The third-order valence-corrected chi connectivity index (χ3v) is 3.26. The van der Waals surface area contributed by atoms with Crippen molar-refractivity contribution in [2.75, 3.05) is 11.4 Å². The summed E-state index contributed by atoms with van der Waals surface area (Å²) < 4.78 is 0. The van der Waals surface area contributed by atoms with Gasteiger partial charge in [0.15, 0.2) is 0 Å². The Balaban J connectivity index is 2.83. The summed E-state index contributed by atoms with van der Waals surface area (Å²) in [7, 11) is 0. The molecule has 0 heterocycles. The van der Waals surface area contributed by atoms with Crippen molar-refractivity contribution < 1.29 is 9.59 Å². The van der Waals surface area contributed by atoms with Gasteiger partial charge in [0.25, 0.3) is 0 Å². The lowest BCUT2D eigenvalue weighted by molar-refractivity contribution is -0.121. The molecule has 110 valence electrons. The van der Waals surface area contributed by atoms with Crippen molar-refractivity contribution in [3.05, 3.63) is 29.3 Å². The van der Waals surface area contributed by atoms with Crippen LogP contribution in [0.5, 0.6) is 0 Å². The first-order valence-electron chi connectivity index (χ1n) is 6.96. The van der Waals surface area contributed by atoms with E-state index in [-0.39, 0.29) is 17.9 Å². The highest BCUT2D eigenvalue weighted by Crippen LogP contribution is 2.23. The second-order valence-corrected chi connectivity index (χ2v) is 5.36. The largest absolute Gasteiger partial charge is 0.354 e. The van der Waals surface area contributed by atoms with Crippen molar-refractivity contribution in [2.24, 2.45) is 0 Å². The van der Waals surface area contributed by atoms with Crippen LogP contribution in [0.3, 0.4) is 0 Å². The quantitative estimate of drug-likeness (QED) is 0.898. The summed E-state index contributed by atoms with van der Waals surface area (Å²) in [6.07, 6.45) is 0.311. The standard InChI is InChI=1S/C16H24N2O2/c1-11(2)17-16(20)9-10-18(14(5)19)15-8-6-7-12(3)13(15)4/h6-8,11H,9-10H2,1-5H3,(H,17,20). The Morgan fingerprint density at radius 3 is 2.45 bits per heavy atom. The van der Waals surface area contributed by atoms with Crippen LogP contribution in [-0.2, 0) is 9.59 Å². The Hall–Kier alpha value is -1.84. The van der Waals surface area contributed by atoms with Crippen LogP contribution in [0.1, 0.15) is 38.3 Å². The van der Waals surface area contributed by atoms with Crippen molar-refractivity contribution in [1.82, 2.24) is 5.32 Å². The van der Waals surface area contributed by atoms with Crippen LogP contribution in [0.15, 0.2) is 18.2 Å². The summed E-state index contributed by atoms with van der Waals surface area (Å²) in [4.78, 5) is 25.2. The molecule has 0 atom stereocenters. The molecule has 20 heavy (non-hydrogen) atoms. The van der Waals surface area contributed by atoms with Gasteiger partial charge in [0.1, 0.15) is 0 Å². The molecule has 4 heteroatoms. The van der Waals surface area contributed by atoms with Crippen molar-refractivity contribution in [3.8, 4) is 0 Å². The predicted molar refractivity (Wildman–Crippen MR) is 81.8 cm³/mol. The van der Waals surface area contributed by atoms with E-state index in [4.69, 9.17) is 0 Å². The molecule has 0 aliphatic rings. The molecule has 0 aliphatic carbocycles. The number of rotatable bonds is 5. The van der Waals surface area contributed by atoms with Gasteiger partial charge in [-0.3, -0.25) is 9.59 Å². The normalized spacial score (nSPS) is 10.5. The fourth-order valence-electron chi connectivity index (χ4n) is 2.08. The van der Waals surface area contributed by atoms with Gasteiger partial charge in [0, 0.05) is 31.6 Å². The second kappa shape index (κ2) is 7.08. The number of anilines is 1. The summed E-state index contributed by atoms with van der Waals surface area (Å²) in [5.74, 6) is -0.0763. The van der Waals surface area contributed by atoms with Crippen LogP contribution >= 0.6 is 0 Å². The first-order chi connectivity index (χ1) is 9.32. The number of hydrogen-bond acceptors (Lipinski definition) is 2. The highest BCUT2D eigenvalue weighted by Gasteiger charge is 2.16. The highest BCUT2D eigenvalue weighted by molar-refractivity contribution is 5.93. The Morgan fingerprint density at radius 2 is 1.90 bits per heavy atom. The molecule has 1 aromatic carbocycles. The third kappa shape index (κ3) is 4.37. The Morgan fingerprint density at radius 1 is 1.25 bits per heavy atom. The molecular weight excluding hydrogens is 252 g/mol. The number of nitrogens with zero attached hydrogens (tertiary/aromatic N) is 1. The van der Waals surface area contributed by atoms with Gasteiger partial charge in [-0.25, -0.2) is 0 Å². The topological polar surface area (TPSA) is 49.4 Å². The lowest BCUT2D eigenvalue weighted by Crippen LogP contribution is -2.36. The van der Waals surface area contributed by atoms with Crippen LogP contribution in [0.4, 0.5) is 5.69 Å². The van der Waals surface area contributed by atoms with E-state index >= 15 is 0 Å². The number of carbonyl (C=O) groups is 2. The molecule has 0 saturated carbocycles. The minimum absolute atomic E-state index is 0.0310. The lowest BCUT2D eigenvalue weighted by Gasteiger charge is -2.24. The van der Waals surface area contributed by atoms with Crippen molar-refractivity contribution >= 4 is 17.5 Å². The van der Waals surface area contributed by atoms with E-state index in [2.05, 4.69) is 5.32 Å². The van der Waals surface area contributed by atoms with Crippen LogP contribution in [0.2, 0.25) is 0 Å². The zero-order chi connectivity index (χ0) is 15.3. The predicted octanol–water partition coefficient (Wildman–Crippen LogP) is 2.57. The zero-order valence-electron chi connectivity index (χ0n) is 13.0. The monoisotopic (exact) mass is 276 g/mol. The molecule has 2 amide bonds. The summed E-state index contributed by atoms with van der Waals surface area (Å²) >= 11 is 0. The molecule has 1 N–H and O–H groups in total. The van der Waals surface area contributed by atoms with E-state index in [1.165, 1.54) is 6.92 Å². The second-order valence-electron chi connectivity index (χ2n) is 5.36. The molecule has 1 rings (SSSR count). The minimum Gasteiger partial charge on any atom is -0.354 e. The number of nitrogens with one attached hydrogen (secondary N) is 1. The molecule has 1 aromatic rings. The van der Waals surface area contributed by atoms with Gasteiger partial charge in [-0.05, 0) is 44.9 Å². The zero-order valence-corrected chi connectivity index (χ0v) is 13.0. The summed E-state index contributed by atoms with van der Waals surface area (Å²) in [6.45, 7) is 9.79. The number of benzene rings is 1. The SMILES string of the molecule is CC(=O)N(CCC(=O)NC(C)C)c1cccc(C)c1C. The van der Waals surface area contributed by atoms with Gasteiger partial charge in [-0.1, -0.05) is 12.1 Å². The van der Waals surface area contributed by atoms with Crippen molar-refractivity contribution in [2.45, 2.75) is 47.1 Å². The minimum atomic E-state index is -0.0453. The first kappa shape index (κ1) is 16.2. The van der Waals surface area contributed by atoms with E-state index in [1.54, 1.807) is 4.90 Å². The van der Waals surface area contributed by atoms with Gasteiger partial charge in [-0.15, -0.1) is 0 Å².